The molecule has 9 nitrogen and oxygen atoms in total. The number of hydrogen-bond acceptors (Lipinski definition) is 8. The number of carbonyl (C=O) groups excluding carboxylic acids is 1. The SMILES string of the molecule is CCCCCCC/C=C\C/C=C\C/C=C\CCCCCCCCC(=O)NC(COC1OC(CO)C(O)C(O)C1O)C(O)/C=C/CC/C=C/CCCCCCCCCCCCCCCC. The van der Waals surface area contributed by atoms with E-state index in [0.29, 0.717) is 6.42 Å². The summed E-state index contributed by atoms with van der Waals surface area (Å²) in [5.74, 6) is -0.200. The standard InChI is InChI=1S/C55H99NO8/c1-3-5-7-9-11-13-15-17-19-21-23-25-27-29-31-33-35-37-39-41-43-45-51(59)56-48(47-63-55-54(62)53(61)52(60)50(46-57)64-55)49(58)44-42-40-38-36-34-32-30-28-26-24-22-20-18-16-14-12-10-8-6-4-2/h15,17,21,23,27,29,34,36,42,44,48-50,52-55,57-58,60-62H,3-14,16,18-20,22,24-26,28,30-33,35,37-41,43,45-47H2,1-2H3,(H,56,59)/b17-15-,23-21-,29-27-,36-34+,44-42+. The summed E-state index contributed by atoms with van der Waals surface area (Å²) in [6.07, 6.45) is 52.7. The third kappa shape index (κ3) is 34.2. The van der Waals surface area contributed by atoms with Crippen LogP contribution in [0.4, 0.5) is 0 Å². The number of allylic oxidation sites excluding steroid dienone is 9. The number of aliphatic hydroxyl groups excluding tert-OH is 5. The van der Waals surface area contributed by atoms with Crippen LogP contribution in [0.5, 0.6) is 0 Å². The Morgan fingerprint density at radius 2 is 0.938 bits per heavy atom. The third-order valence-corrected chi connectivity index (χ3v) is 12.3. The van der Waals surface area contributed by atoms with Gasteiger partial charge >= 0.3 is 0 Å². The van der Waals surface area contributed by atoms with Crippen LogP contribution in [0, 0.1) is 0 Å². The van der Waals surface area contributed by atoms with Gasteiger partial charge in [0, 0.05) is 6.42 Å². The largest absolute Gasteiger partial charge is 0.394 e. The van der Waals surface area contributed by atoms with Crippen molar-refractivity contribution in [3.05, 3.63) is 60.8 Å². The Hall–Kier alpha value is -2.11. The van der Waals surface area contributed by atoms with E-state index in [2.05, 4.69) is 67.8 Å². The highest BCUT2D eigenvalue weighted by atomic mass is 16.7. The summed E-state index contributed by atoms with van der Waals surface area (Å²) in [5.41, 5.74) is 0. The Balaban J connectivity index is 2.33. The molecule has 7 unspecified atom stereocenters. The lowest BCUT2D eigenvalue weighted by atomic mass is 9.99. The van der Waals surface area contributed by atoms with E-state index in [-0.39, 0.29) is 12.5 Å². The lowest BCUT2D eigenvalue weighted by Crippen LogP contribution is -2.60. The van der Waals surface area contributed by atoms with E-state index in [1.807, 2.05) is 6.08 Å². The van der Waals surface area contributed by atoms with E-state index < -0.39 is 49.5 Å². The molecule has 9 heteroatoms. The fraction of sp³-hybridized carbons (Fsp3) is 0.800. The molecular formula is C55H99NO8. The molecule has 7 atom stereocenters. The summed E-state index contributed by atoms with van der Waals surface area (Å²) in [7, 11) is 0. The molecule has 1 fully saturated rings. The average molecular weight is 902 g/mol. The molecule has 0 aromatic carbocycles. The minimum Gasteiger partial charge on any atom is -0.394 e. The van der Waals surface area contributed by atoms with Gasteiger partial charge in [-0.3, -0.25) is 4.79 Å². The quantitative estimate of drug-likeness (QED) is 0.0262. The molecule has 0 saturated carbocycles. The van der Waals surface area contributed by atoms with Gasteiger partial charge in [-0.2, -0.15) is 0 Å². The monoisotopic (exact) mass is 902 g/mol. The molecule has 1 saturated heterocycles. The molecule has 0 radical (unpaired) electrons. The summed E-state index contributed by atoms with van der Waals surface area (Å²) in [6.45, 7) is 3.75. The van der Waals surface area contributed by atoms with Crippen molar-refractivity contribution in [2.45, 2.75) is 269 Å². The second-order valence-corrected chi connectivity index (χ2v) is 18.3. The Bertz CT molecular complexity index is 1180. The molecule has 0 bridgehead atoms. The lowest BCUT2D eigenvalue weighted by molar-refractivity contribution is -0.302. The molecule has 0 aromatic heterocycles. The normalized spacial score (nSPS) is 20.5. The van der Waals surface area contributed by atoms with Gasteiger partial charge in [0.2, 0.25) is 5.91 Å². The molecule has 0 aliphatic carbocycles. The molecule has 1 rings (SSSR count). The highest BCUT2D eigenvalue weighted by Gasteiger charge is 2.44. The van der Waals surface area contributed by atoms with Crippen molar-refractivity contribution < 1.29 is 39.8 Å². The summed E-state index contributed by atoms with van der Waals surface area (Å²) in [6, 6.07) is -0.831. The van der Waals surface area contributed by atoms with Gasteiger partial charge in [-0.1, -0.05) is 209 Å². The predicted octanol–water partition coefficient (Wildman–Crippen LogP) is 12.3. The first-order chi connectivity index (χ1) is 31.3. The maximum Gasteiger partial charge on any atom is 0.220 e. The maximum atomic E-state index is 13.0. The first-order valence-electron chi connectivity index (χ1n) is 26.5. The van der Waals surface area contributed by atoms with Crippen molar-refractivity contribution in [1.29, 1.82) is 0 Å². The second kappa shape index (κ2) is 44.7. The molecule has 64 heavy (non-hydrogen) atoms. The van der Waals surface area contributed by atoms with E-state index in [9.17, 15) is 30.3 Å². The topological polar surface area (TPSA) is 149 Å². The third-order valence-electron chi connectivity index (χ3n) is 12.3. The highest BCUT2D eigenvalue weighted by molar-refractivity contribution is 5.76. The molecule has 1 aliphatic rings. The van der Waals surface area contributed by atoms with Gasteiger partial charge < -0.3 is 40.3 Å². The van der Waals surface area contributed by atoms with E-state index in [0.717, 1.165) is 64.2 Å². The van der Waals surface area contributed by atoms with Gasteiger partial charge in [0.1, 0.15) is 24.4 Å². The van der Waals surface area contributed by atoms with Crippen LogP contribution in [0.15, 0.2) is 60.8 Å². The fourth-order valence-electron chi connectivity index (χ4n) is 8.06. The van der Waals surface area contributed by atoms with Crippen LogP contribution in [0.3, 0.4) is 0 Å². The van der Waals surface area contributed by atoms with Crippen molar-refractivity contribution in [2.24, 2.45) is 0 Å². The Morgan fingerprint density at radius 1 is 0.531 bits per heavy atom. The van der Waals surface area contributed by atoms with E-state index in [1.54, 1.807) is 6.08 Å². The van der Waals surface area contributed by atoms with E-state index >= 15 is 0 Å². The van der Waals surface area contributed by atoms with Crippen LogP contribution in [-0.2, 0) is 14.3 Å². The Kier molecular flexibility index (Phi) is 41.9. The van der Waals surface area contributed by atoms with Crippen LogP contribution in [0.25, 0.3) is 0 Å². The number of amides is 1. The van der Waals surface area contributed by atoms with Gasteiger partial charge in [0.25, 0.3) is 0 Å². The van der Waals surface area contributed by atoms with Crippen molar-refractivity contribution in [2.75, 3.05) is 13.2 Å². The molecule has 6 N–H and O–H groups in total. The minimum absolute atomic E-state index is 0.200. The number of unbranched alkanes of at least 4 members (excludes halogenated alkanes) is 26. The van der Waals surface area contributed by atoms with Gasteiger partial charge in [0.15, 0.2) is 6.29 Å². The number of ether oxygens (including phenoxy) is 2. The van der Waals surface area contributed by atoms with Crippen LogP contribution in [-0.4, -0.2) is 87.5 Å². The van der Waals surface area contributed by atoms with Crippen LogP contribution < -0.4 is 5.32 Å². The molecule has 0 spiro atoms. The minimum atomic E-state index is -1.58. The zero-order valence-electron chi connectivity index (χ0n) is 41.0. The van der Waals surface area contributed by atoms with Gasteiger partial charge in [-0.25, -0.2) is 0 Å². The zero-order chi connectivity index (χ0) is 46.6. The fourth-order valence-corrected chi connectivity index (χ4v) is 8.06. The van der Waals surface area contributed by atoms with Crippen LogP contribution in [0.1, 0.15) is 226 Å². The van der Waals surface area contributed by atoms with Gasteiger partial charge in [-0.15, -0.1) is 0 Å². The zero-order valence-corrected chi connectivity index (χ0v) is 41.0. The van der Waals surface area contributed by atoms with Crippen LogP contribution in [0.2, 0.25) is 0 Å². The first kappa shape index (κ1) is 59.9. The summed E-state index contributed by atoms with van der Waals surface area (Å²) < 4.78 is 11.2. The van der Waals surface area contributed by atoms with Gasteiger partial charge in [0.05, 0.1) is 25.4 Å². The number of nitrogens with one attached hydrogen (secondary N) is 1. The second-order valence-electron chi connectivity index (χ2n) is 18.3. The Labute approximate surface area is 392 Å². The number of rotatable bonds is 44. The summed E-state index contributed by atoms with van der Waals surface area (Å²) >= 11 is 0. The summed E-state index contributed by atoms with van der Waals surface area (Å²) in [5, 5.41) is 54.4. The maximum absolute atomic E-state index is 13.0. The molecule has 0 aromatic rings. The van der Waals surface area contributed by atoms with E-state index in [1.165, 1.54) is 141 Å². The number of aliphatic hydroxyl groups is 5. The molecule has 1 heterocycles. The average Bonchev–Trinajstić information content (AvgIpc) is 3.29. The van der Waals surface area contributed by atoms with Gasteiger partial charge in [-0.05, 0) is 70.6 Å². The van der Waals surface area contributed by atoms with Crippen molar-refractivity contribution >= 4 is 5.91 Å². The molecule has 1 aliphatic heterocycles. The first-order valence-corrected chi connectivity index (χ1v) is 26.5. The summed E-state index contributed by atoms with van der Waals surface area (Å²) in [4.78, 5) is 13.0. The van der Waals surface area contributed by atoms with E-state index in [4.69, 9.17) is 9.47 Å². The highest BCUT2D eigenvalue weighted by Crippen LogP contribution is 2.23. The van der Waals surface area contributed by atoms with Crippen molar-refractivity contribution in [3.8, 4) is 0 Å². The molecule has 372 valence electrons. The lowest BCUT2D eigenvalue weighted by Gasteiger charge is -2.40. The molecular weight excluding hydrogens is 803 g/mol. The van der Waals surface area contributed by atoms with Crippen molar-refractivity contribution in [3.63, 3.8) is 0 Å². The predicted molar refractivity (Wildman–Crippen MR) is 267 cm³/mol. The smallest absolute Gasteiger partial charge is 0.220 e. The van der Waals surface area contributed by atoms with Crippen molar-refractivity contribution in [1.82, 2.24) is 5.32 Å². The number of carbonyl (C=O) groups is 1. The number of hydrogen-bond donors (Lipinski definition) is 6. The van der Waals surface area contributed by atoms with Crippen LogP contribution >= 0.6 is 0 Å². The molecule has 1 amide bonds. The Morgan fingerprint density at radius 3 is 1.42 bits per heavy atom.